The number of Topliss-reactive ketones (excluding diaryl/α,β-unsaturated/α-hetero) is 1. The van der Waals surface area contributed by atoms with Crippen LogP contribution in [0.1, 0.15) is 45.1 Å². The van der Waals surface area contributed by atoms with E-state index < -0.39 is 12.1 Å². The van der Waals surface area contributed by atoms with Gasteiger partial charge < -0.3 is 4.74 Å². The lowest BCUT2D eigenvalue weighted by molar-refractivity contribution is 0.0322. The molecular formula is C21H20N2O3S. The van der Waals surface area contributed by atoms with Crippen LogP contribution in [0.3, 0.4) is 0 Å². The van der Waals surface area contributed by atoms with Gasteiger partial charge in [-0.3, -0.25) is 9.78 Å². The van der Waals surface area contributed by atoms with E-state index in [4.69, 9.17) is 4.74 Å². The predicted molar refractivity (Wildman–Crippen MR) is 105 cm³/mol. The number of carbonyl (C=O) groups excluding carboxylic acids is 2. The minimum Gasteiger partial charge on any atom is -0.450 e. The molecule has 0 fully saturated rings. The number of benzene rings is 1. The number of carbonyl (C=O) groups is 2. The van der Waals surface area contributed by atoms with Crippen molar-refractivity contribution < 1.29 is 14.3 Å². The van der Waals surface area contributed by atoms with Crippen LogP contribution in [0.2, 0.25) is 0 Å². The summed E-state index contributed by atoms with van der Waals surface area (Å²) >= 11 is 1.22. The van der Waals surface area contributed by atoms with Gasteiger partial charge in [0, 0.05) is 11.8 Å². The van der Waals surface area contributed by atoms with E-state index in [1.807, 2.05) is 30.3 Å². The smallest absolute Gasteiger partial charge is 0.350 e. The summed E-state index contributed by atoms with van der Waals surface area (Å²) < 4.78 is 5.40. The summed E-state index contributed by atoms with van der Waals surface area (Å²) in [4.78, 5) is 34.1. The highest BCUT2D eigenvalue weighted by Crippen LogP contribution is 2.27. The second-order valence-corrected chi connectivity index (χ2v) is 7.11. The number of ketones is 1. The maximum atomic E-state index is 12.5. The van der Waals surface area contributed by atoms with E-state index in [2.05, 4.69) is 16.9 Å². The van der Waals surface area contributed by atoms with Crippen LogP contribution in [0.5, 0.6) is 0 Å². The van der Waals surface area contributed by atoms with E-state index >= 15 is 0 Å². The molecule has 2 aromatic heterocycles. The quantitative estimate of drug-likeness (QED) is 0.465. The number of rotatable bonds is 6. The van der Waals surface area contributed by atoms with Crippen molar-refractivity contribution in [1.29, 1.82) is 0 Å². The fraction of sp³-hybridized carbons (Fsp3) is 0.238. The topological polar surface area (TPSA) is 69.2 Å². The van der Waals surface area contributed by atoms with Gasteiger partial charge in [-0.1, -0.05) is 37.3 Å². The van der Waals surface area contributed by atoms with Crippen molar-refractivity contribution in [2.24, 2.45) is 0 Å². The van der Waals surface area contributed by atoms with Gasteiger partial charge in [-0.15, -0.1) is 11.3 Å². The molecule has 3 aromatic rings. The fourth-order valence-electron chi connectivity index (χ4n) is 2.59. The summed E-state index contributed by atoms with van der Waals surface area (Å²) in [6.07, 6.45) is 1.71. The molecule has 0 bridgehead atoms. The highest BCUT2D eigenvalue weighted by Gasteiger charge is 2.24. The summed E-state index contributed by atoms with van der Waals surface area (Å²) in [7, 11) is 0. The Labute approximate surface area is 162 Å². The zero-order valence-corrected chi connectivity index (χ0v) is 16.2. The number of esters is 1. The molecule has 1 aromatic carbocycles. The van der Waals surface area contributed by atoms with Crippen molar-refractivity contribution in [1.82, 2.24) is 9.97 Å². The second-order valence-electron chi connectivity index (χ2n) is 6.11. The van der Waals surface area contributed by atoms with Gasteiger partial charge >= 0.3 is 5.97 Å². The molecular weight excluding hydrogens is 360 g/mol. The monoisotopic (exact) mass is 380 g/mol. The Kier molecular flexibility index (Phi) is 5.76. The molecule has 0 aliphatic heterocycles. The van der Waals surface area contributed by atoms with Crippen LogP contribution in [-0.4, -0.2) is 27.8 Å². The molecule has 2 heterocycles. The molecule has 3 rings (SSSR count). The first-order valence-electron chi connectivity index (χ1n) is 8.72. The molecule has 138 valence electrons. The van der Waals surface area contributed by atoms with Gasteiger partial charge in [0.2, 0.25) is 5.78 Å². The van der Waals surface area contributed by atoms with Crippen LogP contribution in [0.4, 0.5) is 0 Å². The van der Waals surface area contributed by atoms with Crippen LogP contribution in [-0.2, 0) is 11.2 Å². The van der Waals surface area contributed by atoms with E-state index in [0.717, 1.165) is 12.0 Å². The minimum atomic E-state index is -0.871. The van der Waals surface area contributed by atoms with Gasteiger partial charge in [-0.2, -0.15) is 0 Å². The second kappa shape index (κ2) is 8.22. The third-order valence-corrected chi connectivity index (χ3v) is 5.33. The molecule has 0 radical (unpaired) electrons. The van der Waals surface area contributed by atoms with Crippen molar-refractivity contribution in [2.75, 3.05) is 0 Å². The molecule has 0 unspecified atom stereocenters. The minimum absolute atomic E-state index is 0.224. The number of aromatic nitrogens is 2. The predicted octanol–water partition coefficient (Wildman–Crippen LogP) is 4.50. The molecule has 0 saturated carbocycles. The fourth-order valence-corrected chi connectivity index (χ4v) is 3.52. The zero-order valence-electron chi connectivity index (χ0n) is 15.4. The molecule has 27 heavy (non-hydrogen) atoms. The van der Waals surface area contributed by atoms with Crippen LogP contribution < -0.4 is 0 Å². The standard InChI is InChI=1S/C21H20N2O3S/c1-4-15-8-10-16(11-9-15)18(24)14(3)26-21(25)19-13(2)23-20(27-19)17-7-5-6-12-22-17/h5-12,14H,4H2,1-3H3/t14-/m1/s1. The van der Waals surface area contributed by atoms with Crippen LogP contribution >= 0.6 is 11.3 Å². The van der Waals surface area contributed by atoms with Crippen molar-refractivity contribution in [3.63, 3.8) is 0 Å². The number of thiazole rings is 1. The first-order chi connectivity index (χ1) is 13.0. The maximum Gasteiger partial charge on any atom is 0.350 e. The van der Waals surface area contributed by atoms with Crippen LogP contribution in [0.25, 0.3) is 10.7 Å². The molecule has 0 aliphatic rings. The number of nitrogens with zero attached hydrogens (tertiary/aromatic N) is 2. The molecule has 6 heteroatoms. The van der Waals surface area contributed by atoms with E-state index in [0.29, 0.717) is 26.8 Å². The summed E-state index contributed by atoms with van der Waals surface area (Å²) in [5, 5.41) is 0.647. The lowest BCUT2D eigenvalue weighted by Gasteiger charge is -2.12. The van der Waals surface area contributed by atoms with Crippen molar-refractivity contribution in [3.8, 4) is 10.7 Å². The Morgan fingerprint density at radius 1 is 1.15 bits per heavy atom. The highest BCUT2D eigenvalue weighted by molar-refractivity contribution is 7.17. The summed E-state index contributed by atoms with van der Waals surface area (Å²) in [5.41, 5.74) is 2.95. The zero-order chi connectivity index (χ0) is 19.4. The maximum absolute atomic E-state index is 12.5. The SMILES string of the molecule is CCc1ccc(C(=O)[C@@H](C)OC(=O)c2sc(-c3ccccn3)nc2C)cc1. The number of aryl methyl sites for hydroxylation is 2. The first kappa shape index (κ1) is 18.9. The van der Waals surface area contributed by atoms with Gasteiger partial charge in [0.05, 0.1) is 11.4 Å². The number of ether oxygens (including phenoxy) is 1. The summed E-state index contributed by atoms with van der Waals surface area (Å²) in [6, 6.07) is 12.9. The van der Waals surface area contributed by atoms with Crippen LogP contribution in [0, 0.1) is 6.92 Å². The van der Waals surface area contributed by atoms with Gasteiger partial charge in [-0.05, 0) is 38.0 Å². The van der Waals surface area contributed by atoms with Crippen molar-refractivity contribution in [3.05, 3.63) is 70.4 Å². The third-order valence-electron chi connectivity index (χ3n) is 4.17. The molecule has 1 atom stereocenters. The lowest BCUT2D eigenvalue weighted by Crippen LogP contribution is -2.24. The largest absolute Gasteiger partial charge is 0.450 e. The van der Waals surface area contributed by atoms with E-state index in [-0.39, 0.29) is 5.78 Å². The van der Waals surface area contributed by atoms with E-state index in [1.54, 1.807) is 32.2 Å². The van der Waals surface area contributed by atoms with Crippen molar-refractivity contribution in [2.45, 2.75) is 33.3 Å². The molecule has 0 N–H and O–H groups in total. The average Bonchev–Trinajstić information content (AvgIpc) is 3.10. The highest BCUT2D eigenvalue weighted by atomic mass is 32.1. The summed E-state index contributed by atoms with van der Waals surface area (Å²) in [6.45, 7) is 5.39. The number of hydrogen-bond acceptors (Lipinski definition) is 6. The van der Waals surface area contributed by atoms with E-state index in [9.17, 15) is 9.59 Å². The lowest BCUT2D eigenvalue weighted by atomic mass is 10.0. The Morgan fingerprint density at radius 2 is 1.89 bits per heavy atom. The number of pyridine rings is 1. The molecule has 0 saturated heterocycles. The molecule has 0 aliphatic carbocycles. The average molecular weight is 380 g/mol. The molecule has 0 spiro atoms. The summed E-state index contributed by atoms with van der Waals surface area (Å²) in [5.74, 6) is -0.767. The van der Waals surface area contributed by atoms with Crippen molar-refractivity contribution >= 4 is 23.1 Å². The molecule has 0 amide bonds. The van der Waals surface area contributed by atoms with Gasteiger partial charge in [0.1, 0.15) is 9.88 Å². The van der Waals surface area contributed by atoms with Crippen LogP contribution in [0.15, 0.2) is 48.7 Å². The Balaban J connectivity index is 1.72. The van der Waals surface area contributed by atoms with Gasteiger partial charge in [0.15, 0.2) is 6.10 Å². The van der Waals surface area contributed by atoms with Gasteiger partial charge in [0.25, 0.3) is 0 Å². The number of hydrogen-bond donors (Lipinski definition) is 0. The normalized spacial score (nSPS) is 11.8. The van der Waals surface area contributed by atoms with E-state index in [1.165, 1.54) is 11.3 Å². The molecule has 5 nitrogen and oxygen atoms in total. The first-order valence-corrected chi connectivity index (χ1v) is 9.54. The Hall–Kier alpha value is -2.86. The Bertz CT molecular complexity index is 949. The Morgan fingerprint density at radius 3 is 2.52 bits per heavy atom. The third kappa shape index (κ3) is 4.28. The van der Waals surface area contributed by atoms with Gasteiger partial charge in [-0.25, -0.2) is 9.78 Å².